The first-order chi connectivity index (χ1) is 9.63. The van der Waals surface area contributed by atoms with Gasteiger partial charge in [-0.3, -0.25) is 4.79 Å². The zero-order valence-corrected chi connectivity index (χ0v) is 12.0. The molecule has 2 rings (SSSR count). The molecule has 0 radical (unpaired) electrons. The average Bonchev–Trinajstić information content (AvgIpc) is 2.48. The first-order valence-electron chi connectivity index (χ1n) is 7.35. The Kier molecular flexibility index (Phi) is 5.01. The quantitative estimate of drug-likeness (QED) is 0.888. The lowest BCUT2D eigenvalue weighted by Crippen LogP contribution is -2.43. The minimum atomic E-state index is -0.0472. The summed E-state index contributed by atoms with van der Waals surface area (Å²) >= 11 is 0. The van der Waals surface area contributed by atoms with Gasteiger partial charge in [-0.1, -0.05) is 19.3 Å². The van der Waals surface area contributed by atoms with Crippen molar-refractivity contribution in [2.45, 2.75) is 45.1 Å². The fourth-order valence-electron chi connectivity index (χ4n) is 2.90. The van der Waals surface area contributed by atoms with E-state index >= 15 is 0 Å². The molecule has 1 aliphatic rings. The third kappa shape index (κ3) is 3.31. The normalized spacial score (nSPS) is 16.1. The van der Waals surface area contributed by atoms with E-state index in [2.05, 4.69) is 0 Å². The van der Waals surface area contributed by atoms with Gasteiger partial charge in [0, 0.05) is 18.2 Å². The number of phenols is 1. The molecule has 0 aromatic heterocycles. The Morgan fingerprint density at radius 1 is 1.30 bits per heavy atom. The zero-order chi connectivity index (χ0) is 14.5. The van der Waals surface area contributed by atoms with E-state index in [0.29, 0.717) is 17.7 Å². The van der Waals surface area contributed by atoms with Crippen molar-refractivity contribution in [1.82, 2.24) is 4.90 Å². The van der Waals surface area contributed by atoms with E-state index in [9.17, 15) is 15.0 Å². The molecule has 4 heteroatoms. The second kappa shape index (κ2) is 6.75. The van der Waals surface area contributed by atoms with Crippen LogP contribution in [-0.2, 0) is 0 Å². The summed E-state index contributed by atoms with van der Waals surface area (Å²) in [6, 6.07) is 5.15. The van der Waals surface area contributed by atoms with E-state index in [0.717, 1.165) is 25.7 Å². The summed E-state index contributed by atoms with van der Waals surface area (Å²) < 4.78 is 0. The van der Waals surface area contributed by atoms with Crippen molar-refractivity contribution < 1.29 is 15.0 Å². The largest absolute Gasteiger partial charge is 0.508 e. The van der Waals surface area contributed by atoms with Crippen LogP contribution < -0.4 is 0 Å². The number of aromatic hydroxyl groups is 1. The Morgan fingerprint density at radius 3 is 2.60 bits per heavy atom. The molecule has 20 heavy (non-hydrogen) atoms. The summed E-state index contributed by atoms with van der Waals surface area (Å²) in [6.45, 7) is 2.14. The van der Waals surface area contributed by atoms with Crippen LogP contribution in [0.4, 0.5) is 0 Å². The maximum Gasteiger partial charge on any atom is 0.254 e. The molecule has 4 nitrogen and oxygen atoms in total. The van der Waals surface area contributed by atoms with E-state index in [1.54, 1.807) is 30.0 Å². The molecule has 1 fully saturated rings. The third-order valence-electron chi connectivity index (χ3n) is 4.06. The Balaban J connectivity index is 2.18. The minimum absolute atomic E-state index is 0.0146. The van der Waals surface area contributed by atoms with Gasteiger partial charge in [-0.05, 0) is 43.5 Å². The predicted molar refractivity (Wildman–Crippen MR) is 77.8 cm³/mol. The molecule has 1 aliphatic carbocycles. The minimum Gasteiger partial charge on any atom is -0.508 e. The first kappa shape index (κ1) is 14.9. The van der Waals surface area contributed by atoms with Crippen LogP contribution in [0.2, 0.25) is 0 Å². The molecule has 0 heterocycles. The fraction of sp³-hybridized carbons (Fsp3) is 0.562. The van der Waals surface area contributed by atoms with E-state index in [1.807, 2.05) is 0 Å². The molecule has 1 aromatic rings. The Hall–Kier alpha value is -1.55. The molecule has 0 saturated heterocycles. The predicted octanol–water partition coefficient (Wildman–Crippen LogP) is 2.47. The van der Waals surface area contributed by atoms with E-state index in [1.165, 1.54) is 6.42 Å². The molecule has 1 saturated carbocycles. The van der Waals surface area contributed by atoms with Gasteiger partial charge in [0.25, 0.3) is 5.91 Å². The number of amides is 1. The van der Waals surface area contributed by atoms with Crippen molar-refractivity contribution in [2.24, 2.45) is 0 Å². The number of phenolic OH excluding ortho intramolecular Hbond substituents is 1. The van der Waals surface area contributed by atoms with Crippen molar-refractivity contribution >= 4 is 5.91 Å². The molecule has 0 bridgehead atoms. The number of hydrogen-bond donors (Lipinski definition) is 2. The highest BCUT2D eigenvalue weighted by Crippen LogP contribution is 2.25. The van der Waals surface area contributed by atoms with E-state index in [4.69, 9.17) is 0 Å². The van der Waals surface area contributed by atoms with Gasteiger partial charge in [0.2, 0.25) is 0 Å². The monoisotopic (exact) mass is 277 g/mol. The molecule has 1 aromatic carbocycles. The van der Waals surface area contributed by atoms with Crippen LogP contribution >= 0.6 is 0 Å². The van der Waals surface area contributed by atoms with Crippen molar-refractivity contribution in [1.29, 1.82) is 0 Å². The number of benzene rings is 1. The molecule has 2 N–H and O–H groups in total. The highest BCUT2D eigenvalue weighted by atomic mass is 16.3. The lowest BCUT2D eigenvalue weighted by atomic mass is 9.93. The maximum absolute atomic E-state index is 12.6. The van der Waals surface area contributed by atoms with Gasteiger partial charge in [0.05, 0.1) is 6.61 Å². The SMILES string of the molecule is Cc1cc(C(=O)N(CCO)C2CCCCC2)ccc1O. The average molecular weight is 277 g/mol. The van der Waals surface area contributed by atoms with Crippen molar-refractivity contribution in [2.75, 3.05) is 13.2 Å². The van der Waals surface area contributed by atoms with Gasteiger partial charge in [0.15, 0.2) is 0 Å². The van der Waals surface area contributed by atoms with E-state index in [-0.39, 0.29) is 24.3 Å². The van der Waals surface area contributed by atoms with Gasteiger partial charge < -0.3 is 15.1 Å². The first-order valence-corrected chi connectivity index (χ1v) is 7.35. The fourth-order valence-corrected chi connectivity index (χ4v) is 2.90. The summed E-state index contributed by atoms with van der Waals surface area (Å²) in [6.07, 6.45) is 5.56. The van der Waals surface area contributed by atoms with E-state index < -0.39 is 0 Å². The summed E-state index contributed by atoms with van der Waals surface area (Å²) in [4.78, 5) is 14.4. The smallest absolute Gasteiger partial charge is 0.254 e. The second-order valence-electron chi connectivity index (χ2n) is 5.52. The number of rotatable bonds is 4. The lowest BCUT2D eigenvalue weighted by Gasteiger charge is -2.34. The lowest BCUT2D eigenvalue weighted by molar-refractivity contribution is 0.0585. The Morgan fingerprint density at radius 2 is 2.00 bits per heavy atom. The number of nitrogens with zero attached hydrogens (tertiary/aromatic N) is 1. The summed E-state index contributed by atoms with van der Waals surface area (Å²) in [5.41, 5.74) is 1.28. The third-order valence-corrected chi connectivity index (χ3v) is 4.06. The second-order valence-corrected chi connectivity index (χ2v) is 5.52. The van der Waals surface area contributed by atoms with Gasteiger partial charge in [-0.25, -0.2) is 0 Å². The summed E-state index contributed by atoms with van der Waals surface area (Å²) in [5.74, 6) is 0.155. The van der Waals surface area contributed by atoms with Crippen LogP contribution in [0.15, 0.2) is 18.2 Å². The highest BCUT2D eigenvalue weighted by Gasteiger charge is 2.26. The molecule has 0 spiro atoms. The van der Waals surface area contributed by atoms with Crippen LogP contribution in [0.25, 0.3) is 0 Å². The van der Waals surface area contributed by atoms with Crippen LogP contribution in [0.1, 0.15) is 48.0 Å². The number of aliphatic hydroxyl groups excluding tert-OH is 1. The van der Waals surface area contributed by atoms with Crippen LogP contribution in [0, 0.1) is 6.92 Å². The zero-order valence-electron chi connectivity index (χ0n) is 12.0. The van der Waals surface area contributed by atoms with Gasteiger partial charge in [0.1, 0.15) is 5.75 Å². The molecule has 110 valence electrons. The topological polar surface area (TPSA) is 60.8 Å². The van der Waals surface area contributed by atoms with Gasteiger partial charge in [-0.15, -0.1) is 0 Å². The molecule has 0 aliphatic heterocycles. The molecular formula is C16H23NO3. The molecule has 1 amide bonds. The van der Waals surface area contributed by atoms with Crippen LogP contribution in [0.5, 0.6) is 5.75 Å². The maximum atomic E-state index is 12.6. The summed E-state index contributed by atoms with van der Waals surface area (Å²) in [5, 5.41) is 18.8. The van der Waals surface area contributed by atoms with Gasteiger partial charge >= 0.3 is 0 Å². The number of aliphatic hydroxyl groups is 1. The van der Waals surface area contributed by atoms with Gasteiger partial charge in [-0.2, -0.15) is 0 Å². The number of aryl methyl sites for hydroxylation is 1. The van der Waals surface area contributed by atoms with Crippen molar-refractivity contribution in [3.8, 4) is 5.75 Å². The Labute approximate surface area is 120 Å². The molecular weight excluding hydrogens is 254 g/mol. The Bertz CT molecular complexity index is 467. The number of hydrogen-bond acceptors (Lipinski definition) is 3. The van der Waals surface area contributed by atoms with Crippen molar-refractivity contribution in [3.05, 3.63) is 29.3 Å². The van der Waals surface area contributed by atoms with Crippen LogP contribution in [-0.4, -0.2) is 40.2 Å². The van der Waals surface area contributed by atoms with Crippen LogP contribution in [0.3, 0.4) is 0 Å². The molecule has 0 atom stereocenters. The highest BCUT2D eigenvalue weighted by molar-refractivity contribution is 5.94. The number of carbonyl (C=O) groups excluding carboxylic acids is 1. The number of carbonyl (C=O) groups is 1. The summed E-state index contributed by atoms with van der Waals surface area (Å²) in [7, 11) is 0. The van der Waals surface area contributed by atoms with Crippen molar-refractivity contribution in [3.63, 3.8) is 0 Å². The standard InChI is InChI=1S/C16H23NO3/c1-12-11-13(7-8-15(12)19)16(20)17(9-10-18)14-5-3-2-4-6-14/h7-8,11,14,18-19H,2-6,9-10H2,1H3. The molecule has 0 unspecified atom stereocenters.